The first-order valence-corrected chi connectivity index (χ1v) is 6.14. The highest BCUT2D eigenvalue weighted by Gasteiger charge is 2.04. The van der Waals surface area contributed by atoms with Gasteiger partial charge in [-0.3, -0.25) is 4.90 Å². The molecule has 0 amide bonds. The number of ether oxygens (including phenoxy) is 2. The van der Waals surface area contributed by atoms with Crippen molar-refractivity contribution in [1.29, 1.82) is 0 Å². The first-order chi connectivity index (χ1) is 8.17. The Balaban J connectivity index is 2.52. The molecule has 1 aromatic carbocycles. The minimum Gasteiger partial charge on any atom is -0.492 e. The highest BCUT2D eigenvalue weighted by atomic mass is 35.5. The van der Waals surface area contributed by atoms with Crippen LogP contribution in [0.2, 0.25) is 5.02 Å². The predicted molar refractivity (Wildman–Crippen MR) is 70.8 cm³/mol. The lowest BCUT2D eigenvalue weighted by Gasteiger charge is -2.15. The Kier molecular flexibility index (Phi) is 6.34. The van der Waals surface area contributed by atoms with Gasteiger partial charge in [0.1, 0.15) is 5.75 Å². The molecule has 0 bridgehead atoms. The second-order valence-corrected chi connectivity index (χ2v) is 4.35. The van der Waals surface area contributed by atoms with Crippen LogP contribution in [0.3, 0.4) is 0 Å². The van der Waals surface area contributed by atoms with E-state index in [9.17, 15) is 0 Å². The number of rotatable bonds is 7. The normalized spacial score (nSPS) is 10.9. The fourth-order valence-electron chi connectivity index (χ4n) is 1.58. The molecule has 0 aromatic heterocycles. The zero-order valence-corrected chi connectivity index (χ0v) is 11.5. The van der Waals surface area contributed by atoms with E-state index in [1.54, 1.807) is 7.11 Å². The average molecular weight is 258 g/mol. The summed E-state index contributed by atoms with van der Waals surface area (Å²) in [5.41, 5.74) is 1.21. The minimum absolute atomic E-state index is 0.635. The molecule has 96 valence electrons. The van der Waals surface area contributed by atoms with Gasteiger partial charge in [0.15, 0.2) is 0 Å². The maximum absolute atomic E-state index is 6.12. The number of benzene rings is 1. The van der Waals surface area contributed by atoms with Crippen LogP contribution in [0.4, 0.5) is 0 Å². The van der Waals surface area contributed by atoms with E-state index in [0.29, 0.717) is 18.4 Å². The van der Waals surface area contributed by atoms with E-state index in [1.165, 1.54) is 5.56 Å². The number of hydrogen-bond donors (Lipinski definition) is 0. The van der Waals surface area contributed by atoms with Crippen LogP contribution in [0.1, 0.15) is 12.5 Å². The van der Waals surface area contributed by atoms with E-state index in [4.69, 9.17) is 21.1 Å². The average Bonchev–Trinajstić information content (AvgIpc) is 2.30. The summed E-state index contributed by atoms with van der Waals surface area (Å²) in [5.74, 6) is 0.753. The fourth-order valence-corrected chi connectivity index (χ4v) is 1.83. The van der Waals surface area contributed by atoms with Crippen molar-refractivity contribution in [2.24, 2.45) is 0 Å². The Morgan fingerprint density at radius 3 is 2.71 bits per heavy atom. The summed E-state index contributed by atoms with van der Waals surface area (Å²) in [4.78, 5) is 2.12. The number of hydrogen-bond acceptors (Lipinski definition) is 3. The van der Waals surface area contributed by atoms with Gasteiger partial charge in [-0.15, -0.1) is 0 Å². The van der Waals surface area contributed by atoms with E-state index in [0.717, 1.165) is 18.7 Å². The number of halogens is 1. The highest BCUT2D eigenvalue weighted by molar-refractivity contribution is 6.32. The van der Waals surface area contributed by atoms with Crippen molar-refractivity contribution >= 4 is 11.6 Å². The highest BCUT2D eigenvalue weighted by Crippen LogP contribution is 2.25. The van der Waals surface area contributed by atoms with Crippen molar-refractivity contribution in [2.45, 2.75) is 13.3 Å². The zero-order chi connectivity index (χ0) is 12.7. The van der Waals surface area contributed by atoms with Crippen molar-refractivity contribution < 1.29 is 9.47 Å². The Bertz CT molecular complexity index is 344. The molecule has 0 fully saturated rings. The van der Waals surface area contributed by atoms with Gasteiger partial charge in [0.05, 0.1) is 18.4 Å². The van der Waals surface area contributed by atoms with Crippen LogP contribution in [0.25, 0.3) is 0 Å². The second-order valence-electron chi connectivity index (χ2n) is 3.95. The van der Waals surface area contributed by atoms with E-state index < -0.39 is 0 Å². The molecular formula is C13H20ClNO2. The molecule has 17 heavy (non-hydrogen) atoms. The smallest absolute Gasteiger partial charge is 0.137 e. The van der Waals surface area contributed by atoms with Crippen LogP contribution in [0.5, 0.6) is 5.75 Å². The molecule has 0 N–H and O–H groups in total. The summed E-state index contributed by atoms with van der Waals surface area (Å²) in [6.45, 7) is 4.17. The van der Waals surface area contributed by atoms with Crippen LogP contribution in [0.15, 0.2) is 18.2 Å². The molecule has 0 aliphatic heterocycles. The third kappa shape index (κ3) is 4.94. The van der Waals surface area contributed by atoms with Crippen molar-refractivity contribution in [2.75, 3.05) is 34.0 Å². The molecule has 3 nitrogen and oxygen atoms in total. The molecule has 4 heteroatoms. The van der Waals surface area contributed by atoms with Gasteiger partial charge in [0.2, 0.25) is 0 Å². The monoisotopic (exact) mass is 257 g/mol. The summed E-state index contributed by atoms with van der Waals surface area (Å²) >= 11 is 6.12. The Hall–Kier alpha value is -0.770. The quantitative estimate of drug-likeness (QED) is 0.701. The fraction of sp³-hybridized carbons (Fsp3) is 0.538. The van der Waals surface area contributed by atoms with Crippen molar-refractivity contribution in [1.82, 2.24) is 4.90 Å². The summed E-state index contributed by atoms with van der Waals surface area (Å²) in [6.07, 6.45) is 0.950. The third-order valence-electron chi connectivity index (χ3n) is 2.43. The number of nitrogens with zero attached hydrogens (tertiary/aromatic N) is 1. The molecule has 0 saturated carbocycles. The third-order valence-corrected chi connectivity index (χ3v) is 2.72. The first-order valence-electron chi connectivity index (χ1n) is 5.76. The Labute approximate surface area is 108 Å². The molecule has 1 rings (SSSR count). The summed E-state index contributed by atoms with van der Waals surface area (Å²) in [6, 6.07) is 5.95. The molecule has 0 radical (unpaired) electrons. The van der Waals surface area contributed by atoms with E-state index in [-0.39, 0.29) is 0 Å². The van der Waals surface area contributed by atoms with Crippen LogP contribution < -0.4 is 4.74 Å². The topological polar surface area (TPSA) is 21.7 Å². The maximum Gasteiger partial charge on any atom is 0.137 e. The van der Waals surface area contributed by atoms with Gasteiger partial charge in [-0.2, -0.15) is 0 Å². The van der Waals surface area contributed by atoms with Gasteiger partial charge in [-0.25, -0.2) is 0 Å². The van der Waals surface area contributed by atoms with Gasteiger partial charge in [-0.05, 0) is 38.1 Å². The van der Waals surface area contributed by atoms with E-state index in [2.05, 4.69) is 11.0 Å². The lowest BCUT2D eigenvalue weighted by Crippen LogP contribution is -2.23. The lowest BCUT2D eigenvalue weighted by atomic mass is 10.1. The predicted octanol–water partition coefficient (Wildman–Crippen LogP) is 2.82. The SMILES string of the molecule is CCOc1ccc(CCN(C)COC)cc1Cl. The Morgan fingerprint density at radius 2 is 2.12 bits per heavy atom. The molecule has 1 aromatic rings. The van der Waals surface area contributed by atoms with Gasteiger partial charge in [0.25, 0.3) is 0 Å². The van der Waals surface area contributed by atoms with Gasteiger partial charge in [0, 0.05) is 13.7 Å². The number of likely N-dealkylation sites (N-methyl/N-ethyl adjacent to an activating group) is 1. The Morgan fingerprint density at radius 1 is 1.35 bits per heavy atom. The summed E-state index contributed by atoms with van der Waals surface area (Å²) < 4.78 is 10.4. The summed E-state index contributed by atoms with van der Waals surface area (Å²) in [7, 11) is 3.73. The van der Waals surface area contributed by atoms with Crippen LogP contribution in [-0.4, -0.2) is 38.9 Å². The lowest BCUT2D eigenvalue weighted by molar-refractivity contribution is 0.0827. The van der Waals surface area contributed by atoms with Crippen molar-refractivity contribution in [3.63, 3.8) is 0 Å². The number of methoxy groups -OCH3 is 1. The van der Waals surface area contributed by atoms with Gasteiger partial charge >= 0.3 is 0 Å². The second kappa shape index (κ2) is 7.54. The van der Waals surface area contributed by atoms with Crippen LogP contribution in [-0.2, 0) is 11.2 Å². The summed E-state index contributed by atoms with van der Waals surface area (Å²) in [5, 5.41) is 0.679. The van der Waals surface area contributed by atoms with E-state index >= 15 is 0 Å². The minimum atomic E-state index is 0.635. The maximum atomic E-state index is 6.12. The molecule has 0 aliphatic carbocycles. The first kappa shape index (κ1) is 14.3. The molecule has 0 heterocycles. The van der Waals surface area contributed by atoms with Crippen molar-refractivity contribution in [3.05, 3.63) is 28.8 Å². The molecule has 0 atom stereocenters. The van der Waals surface area contributed by atoms with Crippen LogP contribution in [0, 0.1) is 0 Å². The van der Waals surface area contributed by atoms with Gasteiger partial charge in [-0.1, -0.05) is 17.7 Å². The van der Waals surface area contributed by atoms with Gasteiger partial charge < -0.3 is 9.47 Å². The van der Waals surface area contributed by atoms with E-state index in [1.807, 2.05) is 26.1 Å². The van der Waals surface area contributed by atoms with Crippen molar-refractivity contribution in [3.8, 4) is 5.75 Å². The molecule has 0 saturated heterocycles. The van der Waals surface area contributed by atoms with Crippen LogP contribution >= 0.6 is 11.6 Å². The standard InChI is InChI=1S/C13H20ClNO2/c1-4-17-13-6-5-11(9-12(13)14)7-8-15(2)10-16-3/h5-6,9H,4,7-8,10H2,1-3H3. The zero-order valence-electron chi connectivity index (χ0n) is 10.7. The molecule has 0 unspecified atom stereocenters. The molecule has 0 spiro atoms. The largest absolute Gasteiger partial charge is 0.492 e. The molecular weight excluding hydrogens is 238 g/mol. The molecule has 0 aliphatic rings.